The second-order valence-electron chi connectivity index (χ2n) is 12.8. The van der Waals surface area contributed by atoms with Crippen LogP contribution in [-0.2, 0) is 10.1 Å². The van der Waals surface area contributed by atoms with Crippen LogP contribution in [0.15, 0.2) is 11.6 Å². The molecule has 0 aromatic rings. The van der Waals surface area contributed by atoms with Crippen molar-refractivity contribution in [2.45, 2.75) is 110 Å². The highest BCUT2D eigenvalue weighted by Gasteiger charge is 2.63. The fraction of sp³-hybridized carbons (Fsp3) is 0.926. The molecule has 0 aromatic heterocycles. The van der Waals surface area contributed by atoms with Crippen LogP contribution in [0.1, 0.15) is 98.8 Å². The van der Waals surface area contributed by atoms with Crippen molar-refractivity contribution in [3.8, 4) is 0 Å². The Balaban J connectivity index is 1.63. The zero-order chi connectivity index (χ0) is 23.5. The topological polar surface area (TPSA) is 74.6 Å². The molecule has 2 N–H and O–H groups in total. The highest BCUT2D eigenvalue weighted by molar-refractivity contribution is 7.86. The average molecular weight is 467 g/mol. The van der Waals surface area contributed by atoms with E-state index in [2.05, 4.69) is 40.7 Å². The summed E-state index contributed by atoms with van der Waals surface area (Å²) < 4.78 is 35.5. The van der Waals surface area contributed by atoms with Gasteiger partial charge in [-0.3, -0.25) is 4.55 Å². The van der Waals surface area contributed by atoms with E-state index < -0.39 is 15.4 Å². The summed E-state index contributed by atoms with van der Waals surface area (Å²) in [6, 6.07) is 0. The molecule has 0 spiro atoms. The first-order valence-corrected chi connectivity index (χ1v) is 14.7. The van der Waals surface area contributed by atoms with Crippen molar-refractivity contribution in [3.63, 3.8) is 0 Å². The number of fused-ring (bicyclic) bond motifs is 5. The summed E-state index contributed by atoms with van der Waals surface area (Å²) in [5.74, 6) is 2.44. The molecule has 0 heterocycles. The Bertz CT molecular complexity index is 833. The second kappa shape index (κ2) is 8.68. The van der Waals surface area contributed by atoms with Crippen LogP contribution in [0.5, 0.6) is 0 Å². The molecule has 0 amide bonds. The number of aliphatic hydroxyl groups excluding tert-OH is 1. The molecule has 5 heteroatoms. The number of allylic oxidation sites excluding steroid dienone is 1. The minimum Gasteiger partial charge on any atom is -0.393 e. The lowest BCUT2D eigenvalue weighted by molar-refractivity contribution is -0.0572. The van der Waals surface area contributed by atoms with Crippen LogP contribution in [0.25, 0.3) is 0 Å². The summed E-state index contributed by atoms with van der Waals surface area (Å²) in [5.41, 5.74) is 1.58. The van der Waals surface area contributed by atoms with E-state index in [1.54, 1.807) is 0 Å². The normalized spacial score (nSPS) is 45.1. The number of rotatable bonds is 6. The molecule has 3 saturated carbocycles. The largest absolute Gasteiger partial charge is 0.393 e. The third kappa shape index (κ3) is 4.13. The minimum atomic E-state index is -4.07. The Labute approximate surface area is 196 Å². The van der Waals surface area contributed by atoms with E-state index in [1.165, 1.54) is 12.0 Å². The number of hydrogen-bond donors (Lipinski definition) is 2. The van der Waals surface area contributed by atoms with Gasteiger partial charge in [0.2, 0.25) is 0 Å². The van der Waals surface area contributed by atoms with Gasteiger partial charge < -0.3 is 5.11 Å². The first kappa shape index (κ1) is 24.7. The predicted octanol–water partition coefficient (Wildman–Crippen LogP) is 6.26. The van der Waals surface area contributed by atoms with Gasteiger partial charge in [0, 0.05) is 0 Å². The molecule has 4 aliphatic carbocycles. The lowest BCUT2D eigenvalue weighted by Crippen LogP contribution is -2.51. The highest BCUT2D eigenvalue weighted by atomic mass is 32.2. The van der Waals surface area contributed by atoms with Crippen LogP contribution >= 0.6 is 0 Å². The maximum atomic E-state index is 12.6. The SMILES string of the molecule is CC(C)CCC[C@@H](C)[C@H]1C(S(=O)(=O)O)C[C@H]2[C@@H]3CC=C4C[C@@H](O)CC[C@]4(C)[C@H]3CC[C@]12C. The van der Waals surface area contributed by atoms with E-state index in [9.17, 15) is 18.1 Å². The lowest BCUT2D eigenvalue weighted by atomic mass is 9.47. The average Bonchev–Trinajstić information content (AvgIpc) is 3.02. The minimum absolute atomic E-state index is 0.0191. The van der Waals surface area contributed by atoms with Crippen molar-refractivity contribution in [2.75, 3.05) is 0 Å². The maximum Gasteiger partial charge on any atom is 0.268 e. The van der Waals surface area contributed by atoms with Crippen molar-refractivity contribution in [2.24, 2.45) is 46.3 Å². The van der Waals surface area contributed by atoms with Crippen LogP contribution in [-0.4, -0.2) is 29.4 Å². The fourth-order valence-corrected chi connectivity index (χ4v) is 10.4. The van der Waals surface area contributed by atoms with Gasteiger partial charge in [-0.05, 0) is 91.3 Å². The number of aliphatic hydroxyl groups is 1. The molecule has 3 fully saturated rings. The molecular formula is C27H46O4S. The third-order valence-corrected chi connectivity index (χ3v) is 11.9. The first-order chi connectivity index (χ1) is 14.9. The molecule has 0 bridgehead atoms. The summed E-state index contributed by atoms with van der Waals surface area (Å²) >= 11 is 0. The maximum absolute atomic E-state index is 12.6. The molecule has 0 saturated heterocycles. The second-order valence-corrected chi connectivity index (χ2v) is 14.5. The quantitative estimate of drug-likeness (QED) is 0.358. The molecule has 0 aliphatic heterocycles. The smallest absolute Gasteiger partial charge is 0.268 e. The molecule has 4 rings (SSSR count). The fourth-order valence-electron chi connectivity index (χ4n) is 9.02. The molecule has 32 heavy (non-hydrogen) atoms. The Morgan fingerprint density at radius 3 is 2.47 bits per heavy atom. The molecule has 1 unspecified atom stereocenters. The van der Waals surface area contributed by atoms with Crippen LogP contribution in [0, 0.1) is 46.3 Å². The van der Waals surface area contributed by atoms with Crippen LogP contribution in [0.2, 0.25) is 0 Å². The Hall–Kier alpha value is -0.390. The van der Waals surface area contributed by atoms with Gasteiger partial charge >= 0.3 is 0 Å². The zero-order valence-electron chi connectivity index (χ0n) is 20.9. The van der Waals surface area contributed by atoms with Gasteiger partial charge in [0.15, 0.2) is 0 Å². The summed E-state index contributed by atoms with van der Waals surface area (Å²) in [6.07, 6.45) is 12.1. The van der Waals surface area contributed by atoms with Gasteiger partial charge in [0.25, 0.3) is 10.1 Å². The van der Waals surface area contributed by atoms with Crippen molar-refractivity contribution < 1.29 is 18.1 Å². The van der Waals surface area contributed by atoms with E-state index in [1.807, 2.05) is 0 Å². The zero-order valence-corrected chi connectivity index (χ0v) is 21.7. The monoisotopic (exact) mass is 466 g/mol. The number of hydrogen-bond acceptors (Lipinski definition) is 3. The van der Waals surface area contributed by atoms with E-state index >= 15 is 0 Å². The van der Waals surface area contributed by atoms with Gasteiger partial charge in [-0.2, -0.15) is 8.42 Å². The molecule has 4 nitrogen and oxygen atoms in total. The first-order valence-electron chi connectivity index (χ1n) is 13.2. The summed E-state index contributed by atoms with van der Waals surface area (Å²) in [5, 5.41) is 9.63. The molecule has 9 atom stereocenters. The molecule has 184 valence electrons. The molecule has 0 aromatic carbocycles. The summed E-state index contributed by atoms with van der Waals surface area (Å²) in [6.45, 7) is 11.5. The van der Waals surface area contributed by atoms with Gasteiger partial charge in [-0.25, -0.2) is 0 Å². The van der Waals surface area contributed by atoms with Gasteiger partial charge in [0.1, 0.15) is 0 Å². The van der Waals surface area contributed by atoms with Gasteiger partial charge in [-0.1, -0.05) is 65.5 Å². The molecule has 0 radical (unpaired) electrons. The summed E-state index contributed by atoms with van der Waals surface area (Å²) in [4.78, 5) is 0. The van der Waals surface area contributed by atoms with Crippen LogP contribution in [0.4, 0.5) is 0 Å². The Kier molecular flexibility index (Phi) is 6.71. The Morgan fingerprint density at radius 1 is 1.09 bits per heavy atom. The van der Waals surface area contributed by atoms with Crippen LogP contribution < -0.4 is 0 Å². The van der Waals surface area contributed by atoms with E-state index in [-0.39, 0.29) is 22.9 Å². The van der Waals surface area contributed by atoms with Crippen LogP contribution in [0.3, 0.4) is 0 Å². The molecule has 4 aliphatic rings. The lowest BCUT2D eigenvalue weighted by Gasteiger charge is -2.58. The van der Waals surface area contributed by atoms with Crippen molar-refractivity contribution in [3.05, 3.63) is 11.6 Å². The van der Waals surface area contributed by atoms with Crippen molar-refractivity contribution >= 4 is 10.1 Å². The third-order valence-electron chi connectivity index (χ3n) is 10.6. The van der Waals surface area contributed by atoms with Gasteiger partial charge in [0.05, 0.1) is 11.4 Å². The van der Waals surface area contributed by atoms with E-state index in [4.69, 9.17) is 0 Å². The van der Waals surface area contributed by atoms with Crippen molar-refractivity contribution in [1.29, 1.82) is 0 Å². The van der Waals surface area contributed by atoms with E-state index in [0.717, 1.165) is 51.4 Å². The summed E-state index contributed by atoms with van der Waals surface area (Å²) in [7, 11) is -4.07. The van der Waals surface area contributed by atoms with E-state index in [0.29, 0.717) is 36.0 Å². The highest BCUT2D eigenvalue weighted by Crippen LogP contribution is 2.68. The van der Waals surface area contributed by atoms with Gasteiger partial charge in [-0.15, -0.1) is 0 Å². The van der Waals surface area contributed by atoms with Crippen molar-refractivity contribution in [1.82, 2.24) is 0 Å². The Morgan fingerprint density at radius 2 is 1.81 bits per heavy atom. The molecular weight excluding hydrogens is 420 g/mol. The standard InChI is InChI=1S/C27H46O4S/c1-17(2)7-6-8-18(3)25-24(32(29,30)31)16-23-21-10-9-19-15-20(28)11-13-26(19,4)22(21)12-14-27(23,25)5/h9,17-18,20-25,28H,6-8,10-16H2,1-5H3,(H,29,30,31)/t18-,20+,21-,22+,23+,24?,25+,26+,27+/m1/s1. The predicted molar refractivity (Wildman–Crippen MR) is 130 cm³/mol.